The molecule has 0 nitrogen and oxygen atoms in total. The molecule has 1 atom stereocenters. The monoisotopic (exact) mass is 842 g/mol. The predicted molar refractivity (Wildman–Crippen MR) is 231 cm³/mol. The average Bonchev–Trinajstić information content (AvgIpc) is 3.72. The van der Waals surface area contributed by atoms with E-state index >= 15 is 0 Å². The van der Waals surface area contributed by atoms with E-state index in [1.54, 1.807) is 0 Å². The van der Waals surface area contributed by atoms with Crippen molar-refractivity contribution in [1.82, 2.24) is 0 Å². The second kappa shape index (κ2) is 20.3. The van der Waals surface area contributed by atoms with Crippen LogP contribution in [0, 0.1) is 59.0 Å². The molecule has 286 valence electrons. The molecule has 0 N–H and O–H groups in total. The van der Waals surface area contributed by atoms with Gasteiger partial charge in [-0.25, -0.2) is 6.08 Å². The van der Waals surface area contributed by atoms with Crippen molar-refractivity contribution < 1.29 is 49.0 Å². The molecule has 0 aliphatic heterocycles. The Balaban J connectivity index is 0.000000280. The summed E-state index contributed by atoms with van der Waals surface area (Å²) in [4.78, 5) is 0. The van der Waals surface area contributed by atoms with Crippen molar-refractivity contribution in [3.8, 4) is 22.3 Å². The van der Waals surface area contributed by atoms with Crippen LogP contribution in [0.1, 0.15) is 92.8 Å². The van der Waals surface area contributed by atoms with Gasteiger partial charge in [-0.1, -0.05) is 129 Å². The fourth-order valence-electron chi connectivity index (χ4n) is 7.86. The van der Waals surface area contributed by atoms with E-state index in [2.05, 4.69) is 185 Å². The van der Waals surface area contributed by atoms with Crippen LogP contribution in [0.2, 0.25) is 0 Å². The molecule has 0 bridgehead atoms. The molecule has 0 saturated carbocycles. The summed E-state index contributed by atoms with van der Waals surface area (Å²) < 4.78 is 1.46. The van der Waals surface area contributed by atoms with E-state index in [0.717, 1.165) is 0 Å². The number of halogens is 2. The van der Waals surface area contributed by atoms with E-state index in [1.807, 2.05) is 6.07 Å². The number of hydrogen-bond acceptors (Lipinski definition) is 0. The first-order chi connectivity index (χ1) is 25.2. The molecule has 55 heavy (non-hydrogen) atoms. The molecule has 0 aromatic heterocycles. The van der Waals surface area contributed by atoms with Crippen molar-refractivity contribution in [1.29, 1.82) is 0 Å². The first-order valence-electron chi connectivity index (χ1n) is 19.4. The van der Waals surface area contributed by atoms with Gasteiger partial charge in [-0.15, -0.1) is 39.7 Å². The maximum absolute atomic E-state index is 3.43. The Labute approximate surface area is 360 Å². The van der Waals surface area contributed by atoms with E-state index in [-0.39, 0.29) is 24.8 Å². The summed E-state index contributed by atoms with van der Waals surface area (Å²) >= 11 is 1.51. The van der Waals surface area contributed by atoms with Crippen LogP contribution in [0.4, 0.5) is 0 Å². The Hall–Kier alpha value is -3.22. The van der Waals surface area contributed by atoms with E-state index in [0.29, 0.717) is 11.3 Å². The van der Waals surface area contributed by atoms with Crippen LogP contribution in [0.15, 0.2) is 115 Å². The number of fused-ring (bicyclic) bond motifs is 3. The summed E-state index contributed by atoms with van der Waals surface area (Å²) in [6, 6.07) is 35.9. The third-order valence-corrected chi connectivity index (χ3v) is 11.1. The molecule has 0 fully saturated rings. The Morgan fingerprint density at radius 2 is 1.13 bits per heavy atom. The number of allylic oxidation sites excluding steroid dienone is 4. The van der Waals surface area contributed by atoms with Crippen LogP contribution in [-0.2, 0) is 24.2 Å². The minimum Gasteiger partial charge on any atom is -1.00 e. The minimum absolute atomic E-state index is 0. The Bertz CT molecular complexity index is 2130. The van der Waals surface area contributed by atoms with Gasteiger partial charge in [0, 0.05) is 0 Å². The van der Waals surface area contributed by atoms with Crippen LogP contribution in [0.3, 0.4) is 0 Å². The molecule has 6 aromatic carbocycles. The van der Waals surface area contributed by atoms with Crippen molar-refractivity contribution in [2.24, 2.45) is 11.3 Å². The first kappa shape index (κ1) is 46.2. The van der Waals surface area contributed by atoms with Gasteiger partial charge in [-0.05, 0) is 74.9 Å². The van der Waals surface area contributed by atoms with E-state index < -0.39 is 0 Å². The number of unbranched alkanes of at least 4 members (excludes halogenated alkanes) is 1. The van der Waals surface area contributed by atoms with Crippen molar-refractivity contribution in [3.05, 3.63) is 160 Å². The third kappa shape index (κ3) is 11.7. The van der Waals surface area contributed by atoms with E-state index in [1.165, 1.54) is 135 Å². The van der Waals surface area contributed by atoms with Crippen LogP contribution in [-0.4, -0.2) is 3.21 Å². The van der Waals surface area contributed by atoms with Gasteiger partial charge in [0.05, 0.1) is 0 Å². The van der Waals surface area contributed by atoms with E-state index in [4.69, 9.17) is 0 Å². The van der Waals surface area contributed by atoms with Crippen molar-refractivity contribution >= 4 is 24.8 Å². The van der Waals surface area contributed by atoms with Crippen LogP contribution in [0.5, 0.6) is 0 Å². The molecule has 0 spiro atoms. The molecule has 3 heteroatoms. The molecule has 1 unspecified atom stereocenters. The Morgan fingerprint density at radius 1 is 0.673 bits per heavy atom. The third-order valence-electron chi connectivity index (χ3n) is 10.4. The standard InChI is InChI=1S/C31H29.C13H21.C8H8.2ClH.Zr/c1-18-11-20(3)30(21(4)12-18)24-7-9-28-26(15-24)17-27-16-25(8-10-29(27)28)31-22(5)13-19(2)14-23(31)6;1-5-6-7-11-8-9-12(10-11)13(2,3)4;1-2-8-6-4-3-5-7-8;;;/h7-17H,1-6H3;9-11H,5-7H2,1-4H3;3-7H,1H3;2*1H;/q2*-1;;;;+2/p-2. The zero-order valence-corrected chi connectivity index (χ0v) is 38.8. The average molecular weight is 845 g/mol. The summed E-state index contributed by atoms with van der Waals surface area (Å²) in [5.74, 6) is 0.592. The maximum Gasteiger partial charge on any atom is -0.0200 e. The molecule has 1 aliphatic rings. The molecule has 7 rings (SSSR count). The van der Waals surface area contributed by atoms with Gasteiger partial charge in [-0.2, -0.15) is 11.6 Å². The summed E-state index contributed by atoms with van der Waals surface area (Å²) in [6.45, 7) is 24.4. The minimum atomic E-state index is 0. The molecule has 0 saturated heterocycles. The zero-order valence-electron chi connectivity index (χ0n) is 34.8. The largest absolute Gasteiger partial charge is 1.00 e. The second-order valence-electron chi connectivity index (χ2n) is 16.2. The summed E-state index contributed by atoms with van der Waals surface area (Å²) in [5, 5.41) is 5.32. The molecular weight excluding hydrogens is 787 g/mol. The number of aryl methyl sites for hydroxylation is 6. The maximum atomic E-state index is 3.43. The van der Waals surface area contributed by atoms with Gasteiger partial charge >= 0.3 is 70.3 Å². The summed E-state index contributed by atoms with van der Waals surface area (Å²) in [6.07, 6.45) is 11.9. The molecular formula is C52H58Cl2Zr-2. The van der Waals surface area contributed by atoms with Crippen molar-refractivity contribution in [2.45, 2.75) is 95.4 Å². The molecule has 0 amide bonds. The topological polar surface area (TPSA) is 0 Å². The Morgan fingerprint density at radius 3 is 1.49 bits per heavy atom. The molecule has 0 heterocycles. The normalized spacial score (nSPS) is 13.3. The quantitative estimate of drug-likeness (QED) is 0.147. The van der Waals surface area contributed by atoms with Crippen LogP contribution < -0.4 is 24.8 Å². The second-order valence-corrected chi connectivity index (χ2v) is 18.1. The van der Waals surface area contributed by atoms with Crippen LogP contribution in [0.25, 0.3) is 43.8 Å². The predicted octanol–water partition coefficient (Wildman–Crippen LogP) is 8.82. The number of rotatable bonds is 6. The fourth-order valence-corrected chi connectivity index (χ4v) is 8.27. The first-order valence-corrected chi connectivity index (χ1v) is 20.6. The molecule has 1 aliphatic carbocycles. The SMILES string of the molecule is CCCCC1[C-]=CC(C(C)(C)C)=C1.C[C](=[Zr+2])c1ccccc1.Cc1cc(C)c(-c2ccc3c(c2)[cH-]c2cc(-c4c(C)cc(C)cc4C)ccc23)c(C)c1.[Cl-].[Cl-]. The Kier molecular flexibility index (Phi) is 17.0. The zero-order chi connectivity index (χ0) is 38.4. The fraction of sp³-hybridized carbons (Fsp3) is 0.308. The van der Waals surface area contributed by atoms with Gasteiger partial charge in [0.15, 0.2) is 0 Å². The van der Waals surface area contributed by atoms with Gasteiger partial charge in [0.1, 0.15) is 0 Å². The van der Waals surface area contributed by atoms with Crippen LogP contribution >= 0.6 is 0 Å². The van der Waals surface area contributed by atoms with Gasteiger partial charge in [0.25, 0.3) is 0 Å². The van der Waals surface area contributed by atoms with Gasteiger partial charge < -0.3 is 24.8 Å². The van der Waals surface area contributed by atoms with Crippen molar-refractivity contribution in [2.75, 3.05) is 0 Å². The summed E-state index contributed by atoms with van der Waals surface area (Å²) in [7, 11) is 0. The molecule has 6 aromatic rings. The number of benzene rings is 5. The summed E-state index contributed by atoms with van der Waals surface area (Å²) in [5.41, 5.74) is 16.5. The van der Waals surface area contributed by atoms with E-state index in [9.17, 15) is 0 Å². The van der Waals surface area contributed by atoms with Gasteiger partial charge in [-0.3, -0.25) is 6.08 Å². The van der Waals surface area contributed by atoms with Crippen molar-refractivity contribution in [3.63, 3.8) is 0 Å². The smallest absolute Gasteiger partial charge is 0.0200 e. The number of hydrogen-bond donors (Lipinski definition) is 0. The molecule has 0 radical (unpaired) electrons. The van der Waals surface area contributed by atoms with Gasteiger partial charge in [0.2, 0.25) is 0 Å².